The van der Waals surface area contributed by atoms with E-state index in [0.29, 0.717) is 0 Å². The van der Waals surface area contributed by atoms with Crippen LogP contribution in [0.3, 0.4) is 0 Å². The molecule has 1 rings (SSSR count). The topological polar surface area (TPSA) is 59.4 Å². The Hall–Kier alpha value is -1.12. The Morgan fingerprint density at radius 3 is 2.75 bits per heavy atom. The van der Waals surface area contributed by atoms with Crippen molar-refractivity contribution >= 4 is 5.91 Å². The Bertz CT molecular complexity index is 359. The van der Waals surface area contributed by atoms with Gasteiger partial charge in [-0.3, -0.25) is 9.69 Å². The van der Waals surface area contributed by atoms with Crippen LogP contribution in [0.1, 0.15) is 33.1 Å². The van der Waals surface area contributed by atoms with Gasteiger partial charge in [0.05, 0.1) is 11.5 Å². The highest BCUT2D eigenvalue weighted by molar-refractivity contribution is 5.81. The lowest BCUT2D eigenvalue weighted by Gasteiger charge is -2.36. The summed E-state index contributed by atoms with van der Waals surface area (Å²) < 4.78 is 0. The molecule has 1 aliphatic rings. The van der Waals surface area contributed by atoms with E-state index in [-0.39, 0.29) is 17.4 Å². The second-order valence-electron chi connectivity index (χ2n) is 6.44. The number of likely N-dealkylation sites (N-methyl/N-ethyl adjacent to an activating group) is 1. The van der Waals surface area contributed by atoms with Gasteiger partial charge in [0.1, 0.15) is 6.04 Å². The lowest BCUT2D eigenvalue weighted by atomic mass is 9.89. The fourth-order valence-corrected chi connectivity index (χ4v) is 2.49. The SMILES string of the molecule is CN(C)C(=O)C1CNCCN1CCCCC(C)(C)C#N. The standard InChI is InChI=1S/C15H28N4O/c1-15(2,12-16)7-5-6-9-19-10-8-17-11-13(19)14(20)18(3)4/h13,17H,5-11H2,1-4H3. The predicted molar refractivity (Wildman–Crippen MR) is 80.2 cm³/mol. The van der Waals surface area contributed by atoms with Crippen molar-refractivity contribution in [3.8, 4) is 6.07 Å². The Labute approximate surface area is 122 Å². The summed E-state index contributed by atoms with van der Waals surface area (Å²) in [7, 11) is 3.62. The van der Waals surface area contributed by atoms with Crippen LogP contribution in [0.15, 0.2) is 0 Å². The molecule has 1 atom stereocenters. The molecule has 0 aromatic rings. The van der Waals surface area contributed by atoms with Crippen molar-refractivity contribution in [1.29, 1.82) is 5.26 Å². The molecule has 0 aromatic heterocycles. The highest BCUT2D eigenvalue weighted by atomic mass is 16.2. The van der Waals surface area contributed by atoms with Crippen molar-refractivity contribution < 1.29 is 4.79 Å². The van der Waals surface area contributed by atoms with E-state index < -0.39 is 0 Å². The van der Waals surface area contributed by atoms with Crippen LogP contribution in [-0.2, 0) is 4.79 Å². The van der Waals surface area contributed by atoms with E-state index in [0.717, 1.165) is 45.4 Å². The van der Waals surface area contributed by atoms with Crippen molar-refractivity contribution in [2.75, 3.05) is 40.3 Å². The molecule has 1 N–H and O–H groups in total. The number of nitrogens with one attached hydrogen (secondary N) is 1. The van der Waals surface area contributed by atoms with Gasteiger partial charge in [0, 0.05) is 33.7 Å². The van der Waals surface area contributed by atoms with Crippen LogP contribution >= 0.6 is 0 Å². The van der Waals surface area contributed by atoms with Crippen LogP contribution in [0.5, 0.6) is 0 Å². The minimum atomic E-state index is -0.234. The molecule has 0 aromatic carbocycles. The molecule has 5 heteroatoms. The van der Waals surface area contributed by atoms with E-state index in [1.807, 2.05) is 27.9 Å². The molecule has 1 fully saturated rings. The van der Waals surface area contributed by atoms with Gasteiger partial charge in [-0.05, 0) is 33.2 Å². The number of rotatable bonds is 6. The van der Waals surface area contributed by atoms with Crippen molar-refractivity contribution in [2.45, 2.75) is 39.2 Å². The van der Waals surface area contributed by atoms with E-state index in [1.54, 1.807) is 4.90 Å². The lowest BCUT2D eigenvalue weighted by molar-refractivity contribution is -0.135. The molecule has 0 bridgehead atoms. The average Bonchev–Trinajstić information content (AvgIpc) is 2.43. The molecular formula is C15H28N4O. The number of unbranched alkanes of at least 4 members (excludes halogenated alkanes) is 1. The Morgan fingerprint density at radius 1 is 1.45 bits per heavy atom. The normalized spacial score (nSPS) is 20.4. The van der Waals surface area contributed by atoms with Gasteiger partial charge in [-0.2, -0.15) is 5.26 Å². The van der Waals surface area contributed by atoms with Crippen LogP contribution in [0.2, 0.25) is 0 Å². The molecule has 114 valence electrons. The Morgan fingerprint density at radius 2 is 2.15 bits per heavy atom. The maximum Gasteiger partial charge on any atom is 0.240 e. The second-order valence-corrected chi connectivity index (χ2v) is 6.44. The minimum absolute atomic E-state index is 0.0391. The van der Waals surface area contributed by atoms with E-state index in [2.05, 4.69) is 16.3 Å². The van der Waals surface area contributed by atoms with E-state index in [9.17, 15) is 4.79 Å². The first kappa shape index (κ1) is 16.9. The molecule has 0 saturated carbocycles. The summed E-state index contributed by atoms with van der Waals surface area (Å²) in [4.78, 5) is 16.1. The van der Waals surface area contributed by atoms with Crippen LogP contribution in [-0.4, -0.2) is 62.0 Å². The molecule has 20 heavy (non-hydrogen) atoms. The third-order valence-corrected chi connectivity index (χ3v) is 3.88. The number of nitrogens with zero attached hydrogens (tertiary/aromatic N) is 3. The van der Waals surface area contributed by atoms with Crippen molar-refractivity contribution in [3.63, 3.8) is 0 Å². The van der Waals surface area contributed by atoms with E-state index in [1.165, 1.54) is 0 Å². The number of hydrogen-bond acceptors (Lipinski definition) is 4. The molecule has 1 saturated heterocycles. The van der Waals surface area contributed by atoms with Crippen LogP contribution in [0.4, 0.5) is 0 Å². The van der Waals surface area contributed by atoms with Crippen LogP contribution in [0, 0.1) is 16.7 Å². The summed E-state index contributed by atoms with van der Waals surface area (Å²) in [6.45, 7) is 7.51. The second kappa shape index (κ2) is 7.61. The molecule has 1 unspecified atom stereocenters. The van der Waals surface area contributed by atoms with Gasteiger partial charge in [0.15, 0.2) is 0 Å². The predicted octanol–water partition coefficient (Wildman–Crippen LogP) is 1.07. The number of piperazine rings is 1. The summed E-state index contributed by atoms with van der Waals surface area (Å²) in [6, 6.07) is 2.30. The molecule has 1 aliphatic heterocycles. The number of amides is 1. The van der Waals surface area contributed by atoms with Gasteiger partial charge in [0.25, 0.3) is 0 Å². The highest BCUT2D eigenvalue weighted by Crippen LogP contribution is 2.22. The van der Waals surface area contributed by atoms with Gasteiger partial charge in [-0.1, -0.05) is 6.42 Å². The molecular weight excluding hydrogens is 252 g/mol. The van der Waals surface area contributed by atoms with E-state index >= 15 is 0 Å². The third-order valence-electron chi connectivity index (χ3n) is 3.88. The average molecular weight is 280 g/mol. The molecule has 0 radical (unpaired) electrons. The first-order chi connectivity index (χ1) is 9.37. The minimum Gasteiger partial charge on any atom is -0.347 e. The summed E-state index contributed by atoms with van der Waals surface area (Å²) in [5, 5.41) is 12.3. The lowest BCUT2D eigenvalue weighted by Crippen LogP contribution is -2.57. The van der Waals surface area contributed by atoms with Crippen LogP contribution < -0.4 is 5.32 Å². The van der Waals surface area contributed by atoms with Gasteiger partial charge in [0.2, 0.25) is 5.91 Å². The Balaban J connectivity index is 2.40. The smallest absolute Gasteiger partial charge is 0.240 e. The fraction of sp³-hybridized carbons (Fsp3) is 0.867. The van der Waals surface area contributed by atoms with Gasteiger partial charge in [-0.15, -0.1) is 0 Å². The Kier molecular flexibility index (Phi) is 6.44. The first-order valence-electron chi connectivity index (χ1n) is 7.44. The molecule has 0 aliphatic carbocycles. The molecule has 1 amide bonds. The first-order valence-corrected chi connectivity index (χ1v) is 7.44. The summed E-state index contributed by atoms with van der Waals surface area (Å²) >= 11 is 0. The van der Waals surface area contributed by atoms with Crippen molar-refractivity contribution in [3.05, 3.63) is 0 Å². The largest absolute Gasteiger partial charge is 0.347 e. The van der Waals surface area contributed by atoms with Crippen molar-refractivity contribution in [1.82, 2.24) is 15.1 Å². The summed E-state index contributed by atoms with van der Waals surface area (Å²) in [6.07, 6.45) is 3.00. The number of carbonyl (C=O) groups excluding carboxylic acids is 1. The zero-order valence-electron chi connectivity index (χ0n) is 13.3. The highest BCUT2D eigenvalue weighted by Gasteiger charge is 2.29. The van der Waals surface area contributed by atoms with E-state index in [4.69, 9.17) is 5.26 Å². The van der Waals surface area contributed by atoms with Crippen LogP contribution in [0.25, 0.3) is 0 Å². The zero-order valence-corrected chi connectivity index (χ0v) is 13.3. The molecule has 0 spiro atoms. The number of carbonyl (C=O) groups is 1. The summed E-state index contributed by atoms with van der Waals surface area (Å²) in [5.74, 6) is 0.176. The third kappa shape index (κ3) is 5.10. The van der Waals surface area contributed by atoms with Gasteiger partial charge < -0.3 is 10.2 Å². The fourth-order valence-electron chi connectivity index (χ4n) is 2.49. The van der Waals surface area contributed by atoms with Gasteiger partial charge >= 0.3 is 0 Å². The number of hydrogen-bond donors (Lipinski definition) is 1. The monoisotopic (exact) mass is 280 g/mol. The van der Waals surface area contributed by atoms with Crippen molar-refractivity contribution in [2.24, 2.45) is 5.41 Å². The maximum atomic E-state index is 12.1. The maximum absolute atomic E-state index is 12.1. The number of nitriles is 1. The molecule has 1 heterocycles. The quantitative estimate of drug-likeness (QED) is 0.739. The van der Waals surface area contributed by atoms with Gasteiger partial charge in [-0.25, -0.2) is 0 Å². The summed E-state index contributed by atoms with van der Waals surface area (Å²) in [5.41, 5.74) is -0.234. The molecule has 5 nitrogen and oxygen atoms in total. The zero-order chi connectivity index (χ0) is 15.2.